The lowest BCUT2D eigenvalue weighted by Gasteiger charge is -2.17. The SMILES string of the molecule is O=C(CN1C(=O)C2C3C=CC(C3)C2C1=O)Nc1cc(Cl)ccc1O. The molecular weight excluding hydrogens is 332 g/mol. The number of allylic oxidation sites excluding steroid dienone is 2. The molecule has 1 saturated carbocycles. The smallest absolute Gasteiger partial charge is 0.244 e. The van der Waals surface area contributed by atoms with Crippen molar-refractivity contribution >= 4 is 35.0 Å². The fourth-order valence-corrected chi connectivity index (χ4v) is 4.23. The number of benzene rings is 1. The molecule has 2 bridgehead atoms. The Morgan fingerprint density at radius 1 is 1.21 bits per heavy atom. The average Bonchev–Trinajstić information content (AvgIpc) is 3.21. The highest BCUT2D eigenvalue weighted by molar-refractivity contribution is 6.31. The minimum atomic E-state index is -0.547. The third kappa shape index (κ3) is 2.21. The van der Waals surface area contributed by atoms with Crippen LogP contribution in [0.15, 0.2) is 30.4 Å². The quantitative estimate of drug-likeness (QED) is 0.496. The maximum absolute atomic E-state index is 12.5. The van der Waals surface area contributed by atoms with Crippen molar-refractivity contribution in [1.29, 1.82) is 0 Å². The number of nitrogens with zero attached hydrogens (tertiary/aromatic N) is 1. The van der Waals surface area contributed by atoms with Crippen LogP contribution in [0.25, 0.3) is 0 Å². The van der Waals surface area contributed by atoms with Crippen LogP contribution in [-0.2, 0) is 14.4 Å². The van der Waals surface area contributed by atoms with Gasteiger partial charge in [-0.15, -0.1) is 0 Å². The first-order valence-electron chi connectivity index (χ1n) is 7.77. The molecule has 1 aliphatic heterocycles. The Bertz CT molecular complexity index is 761. The molecule has 1 aromatic carbocycles. The van der Waals surface area contributed by atoms with Crippen molar-refractivity contribution in [2.45, 2.75) is 6.42 Å². The van der Waals surface area contributed by atoms with E-state index in [-0.39, 0.29) is 53.5 Å². The topological polar surface area (TPSA) is 86.7 Å². The van der Waals surface area contributed by atoms with Gasteiger partial charge in [0.05, 0.1) is 17.5 Å². The van der Waals surface area contributed by atoms with Gasteiger partial charge in [-0.1, -0.05) is 23.8 Å². The first-order valence-corrected chi connectivity index (χ1v) is 8.15. The van der Waals surface area contributed by atoms with Gasteiger partial charge in [0, 0.05) is 5.02 Å². The van der Waals surface area contributed by atoms with Crippen LogP contribution in [0.2, 0.25) is 5.02 Å². The van der Waals surface area contributed by atoms with E-state index in [1.807, 2.05) is 12.2 Å². The van der Waals surface area contributed by atoms with Crippen LogP contribution in [0.4, 0.5) is 5.69 Å². The van der Waals surface area contributed by atoms with Crippen LogP contribution >= 0.6 is 11.6 Å². The van der Waals surface area contributed by atoms with Gasteiger partial charge in [0.1, 0.15) is 12.3 Å². The van der Waals surface area contributed by atoms with E-state index in [4.69, 9.17) is 11.6 Å². The molecule has 0 aromatic heterocycles. The largest absolute Gasteiger partial charge is 0.506 e. The summed E-state index contributed by atoms with van der Waals surface area (Å²) >= 11 is 5.83. The van der Waals surface area contributed by atoms with Gasteiger partial charge < -0.3 is 10.4 Å². The fourth-order valence-electron chi connectivity index (χ4n) is 4.06. The predicted octanol–water partition coefficient (Wildman–Crippen LogP) is 1.79. The fraction of sp³-hybridized carbons (Fsp3) is 0.353. The van der Waals surface area contributed by atoms with E-state index in [0.717, 1.165) is 11.3 Å². The third-order valence-electron chi connectivity index (χ3n) is 5.10. The Labute approximate surface area is 143 Å². The van der Waals surface area contributed by atoms with Crippen molar-refractivity contribution < 1.29 is 19.5 Å². The number of hydrogen-bond donors (Lipinski definition) is 2. The summed E-state index contributed by atoms with van der Waals surface area (Å²) in [7, 11) is 0. The lowest BCUT2D eigenvalue weighted by Crippen LogP contribution is -2.39. The zero-order valence-corrected chi connectivity index (χ0v) is 13.4. The van der Waals surface area contributed by atoms with Crippen LogP contribution in [0.5, 0.6) is 5.75 Å². The molecule has 1 aromatic rings. The Kier molecular flexibility index (Phi) is 3.38. The molecule has 124 valence electrons. The van der Waals surface area contributed by atoms with E-state index in [9.17, 15) is 19.5 Å². The maximum atomic E-state index is 12.5. The molecular formula is C17H15ClN2O4. The second-order valence-electron chi connectivity index (χ2n) is 6.47. The number of fused-ring (bicyclic) bond motifs is 5. The zero-order valence-electron chi connectivity index (χ0n) is 12.6. The number of phenols is 1. The lowest BCUT2D eigenvalue weighted by molar-refractivity contribution is -0.143. The van der Waals surface area contributed by atoms with Gasteiger partial charge in [0.2, 0.25) is 17.7 Å². The van der Waals surface area contributed by atoms with Crippen molar-refractivity contribution in [3.8, 4) is 5.75 Å². The van der Waals surface area contributed by atoms with Crippen molar-refractivity contribution in [3.05, 3.63) is 35.4 Å². The molecule has 4 unspecified atom stereocenters. The molecule has 1 heterocycles. The molecule has 2 fully saturated rings. The van der Waals surface area contributed by atoms with Crippen molar-refractivity contribution in [2.24, 2.45) is 23.7 Å². The second kappa shape index (κ2) is 5.34. The number of likely N-dealkylation sites (tertiary alicyclic amines) is 1. The van der Waals surface area contributed by atoms with Gasteiger partial charge in [0.25, 0.3) is 0 Å². The van der Waals surface area contributed by atoms with Crippen LogP contribution in [0, 0.1) is 23.7 Å². The van der Waals surface area contributed by atoms with E-state index >= 15 is 0 Å². The van der Waals surface area contributed by atoms with E-state index in [2.05, 4.69) is 5.32 Å². The van der Waals surface area contributed by atoms with E-state index in [0.29, 0.717) is 5.02 Å². The molecule has 24 heavy (non-hydrogen) atoms. The summed E-state index contributed by atoms with van der Waals surface area (Å²) in [5.74, 6) is -1.64. The second-order valence-corrected chi connectivity index (χ2v) is 6.91. The average molecular weight is 347 g/mol. The zero-order chi connectivity index (χ0) is 17.0. The van der Waals surface area contributed by atoms with Gasteiger partial charge in [0.15, 0.2) is 0 Å². The van der Waals surface area contributed by atoms with Crippen molar-refractivity contribution in [1.82, 2.24) is 4.90 Å². The molecule has 0 radical (unpaired) electrons. The molecule has 3 aliphatic rings. The molecule has 6 nitrogen and oxygen atoms in total. The van der Waals surface area contributed by atoms with Gasteiger partial charge in [-0.25, -0.2) is 0 Å². The number of nitrogens with one attached hydrogen (secondary N) is 1. The minimum absolute atomic E-state index is 0.112. The molecule has 1 saturated heterocycles. The van der Waals surface area contributed by atoms with Gasteiger partial charge in [-0.05, 0) is 36.5 Å². The van der Waals surface area contributed by atoms with E-state index in [1.54, 1.807) is 0 Å². The number of phenolic OH excluding ortho intramolecular Hbond substituents is 1. The van der Waals surface area contributed by atoms with Crippen molar-refractivity contribution in [3.63, 3.8) is 0 Å². The number of halogens is 1. The summed E-state index contributed by atoms with van der Waals surface area (Å²) in [5.41, 5.74) is 0.147. The Balaban J connectivity index is 1.48. The number of amides is 3. The number of hydrogen-bond acceptors (Lipinski definition) is 4. The monoisotopic (exact) mass is 346 g/mol. The van der Waals surface area contributed by atoms with E-state index in [1.165, 1.54) is 18.2 Å². The van der Waals surface area contributed by atoms with Crippen LogP contribution < -0.4 is 5.32 Å². The summed E-state index contributed by atoms with van der Waals surface area (Å²) in [5, 5.41) is 12.6. The highest BCUT2D eigenvalue weighted by Gasteiger charge is 2.59. The maximum Gasteiger partial charge on any atom is 0.244 e. The van der Waals surface area contributed by atoms with E-state index < -0.39 is 5.91 Å². The Hall–Kier alpha value is -2.34. The normalized spacial score (nSPS) is 30.1. The summed E-state index contributed by atoms with van der Waals surface area (Å²) in [6, 6.07) is 4.25. The summed E-state index contributed by atoms with van der Waals surface area (Å²) < 4.78 is 0. The first kappa shape index (κ1) is 15.2. The Morgan fingerprint density at radius 2 is 1.83 bits per heavy atom. The highest BCUT2D eigenvalue weighted by Crippen LogP contribution is 2.52. The van der Waals surface area contributed by atoms with Gasteiger partial charge >= 0.3 is 0 Å². The molecule has 0 spiro atoms. The highest BCUT2D eigenvalue weighted by atomic mass is 35.5. The molecule has 2 aliphatic carbocycles. The number of imide groups is 1. The van der Waals surface area contributed by atoms with Gasteiger partial charge in [-0.3, -0.25) is 19.3 Å². The summed E-state index contributed by atoms with van der Waals surface area (Å²) in [4.78, 5) is 38.3. The molecule has 2 N–H and O–H groups in total. The number of carbonyl (C=O) groups excluding carboxylic acids is 3. The predicted molar refractivity (Wildman–Crippen MR) is 86.2 cm³/mol. The standard InChI is InChI=1S/C17H15ClN2O4/c18-10-3-4-12(21)11(6-10)19-13(22)7-20-16(23)14-8-1-2-9(5-8)15(14)17(20)24/h1-4,6,8-9,14-15,21H,5,7H2,(H,19,22). The third-order valence-corrected chi connectivity index (χ3v) is 5.33. The number of rotatable bonds is 3. The van der Waals surface area contributed by atoms with Crippen molar-refractivity contribution in [2.75, 3.05) is 11.9 Å². The Morgan fingerprint density at radius 3 is 2.46 bits per heavy atom. The van der Waals surface area contributed by atoms with Gasteiger partial charge in [-0.2, -0.15) is 0 Å². The first-order chi connectivity index (χ1) is 11.5. The molecule has 3 amide bonds. The number of carbonyl (C=O) groups is 3. The van der Waals surface area contributed by atoms with Crippen LogP contribution in [-0.4, -0.2) is 34.3 Å². The summed E-state index contributed by atoms with van der Waals surface area (Å²) in [6.45, 7) is -0.351. The number of anilines is 1. The minimum Gasteiger partial charge on any atom is -0.506 e. The number of aromatic hydroxyl groups is 1. The molecule has 4 rings (SSSR count). The molecule has 7 heteroatoms. The lowest BCUT2D eigenvalue weighted by atomic mass is 9.85. The molecule has 4 atom stereocenters. The van der Waals surface area contributed by atoms with Crippen LogP contribution in [0.1, 0.15) is 6.42 Å². The van der Waals surface area contributed by atoms with Crippen LogP contribution in [0.3, 0.4) is 0 Å². The summed E-state index contributed by atoms with van der Waals surface area (Å²) in [6.07, 6.45) is 4.86.